The van der Waals surface area contributed by atoms with Crippen LogP contribution in [0.1, 0.15) is 41.0 Å². The molecule has 20 heavy (non-hydrogen) atoms. The van der Waals surface area contributed by atoms with Gasteiger partial charge in [-0.2, -0.15) is 0 Å². The van der Waals surface area contributed by atoms with E-state index >= 15 is 0 Å². The van der Waals surface area contributed by atoms with E-state index in [4.69, 9.17) is 4.74 Å². The lowest BCUT2D eigenvalue weighted by molar-refractivity contribution is -0.132. The molecule has 0 aliphatic heterocycles. The van der Waals surface area contributed by atoms with E-state index in [1.807, 2.05) is 20.8 Å². The number of nitrogens with zero attached hydrogens (tertiary/aromatic N) is 1. The summed E-state index contributed by atoms with van der Waals surface area (Å²) in [5, 5.41) is 2.80. The molecule has 0 heterocycles. The van der Waals surface area contributed by atoms with Crippen molar-refractivity contribution in [3.63, 3.8) is 0 Å². The summed E-state index contributed by atoms with van der Waals surface area (Å²) < 4.78 is 5.03. The fourth-order valence-corrected chi connectivity index (χ4v) is 1.67. The van der Waals surface area contributed by atoms with Crippen LogP contribution >= 0.6 is 0 Å². The Morgan fingerprint density at radius 2 is 1.85 bits per heavy atom. The lowest BCUT2D eigenvalue weighted by Gasteiger charge is -2.25. The molecule has 0 aromatic rings. The number of carbonyl (C=O) groups excluding carboxylic acids is 2. The highest BCUT2D eigenvalue weighted by atomic mass is 16.5. The highest BCUT2D eigenvalue weighted by Crippen LogP contribution is 2.12. The minimum atomic E-state index is -0.420. The summed E-state index contributed by atoms with van der Waals surface area (Å²) in [6.45, 7) is 12.0. The maximum Gasteiger partial charge on any atom is 0.225 e. The Hall–Kier alpha value is -1.10. The van der Waals surface area contributed by atoms with Crippen molar-refractivity contribution in [2.24, 2.45) is 11.3 Å². The molecule has 0 bridgehead atoms. The first-order valence-electron chi connectivity index (χ1n) is 7.23. The van der Waals surface area contributed by atoms with Gasteiger partial charge in [-0.25, -0.2) is 0 Å². The van der Waals surface area contributed by atoms with Crippen molar-refractivity contribution in [2.45, 2.75) is 41.0 Å². The van der Waals surface area contributed by atoms with Gasteiger partial charge in [0.15, 0.2) is 0 Å². The van der Waals surface area contributed by atoms with Crippen molar-refractivity contribution in [2.75, 3.05) is 33.4 Å². The normalized spacial score (nSPS) is 11.6. The van der Waals surface area contributed by atoms with Crippen molar-refractivity contribution in [1.29, 1.82) is 0 Å². The number of carbonyl (C=O) groups is 2. The molecule has 2 amide bonds. The Morgan fingerprint density at radius 3 is 2.30 bits per heavy atom. The minimum absolute atomic E-state index is 0.0300. The van der Waals surface area contributed by atoms with Crippen LogP contribution in [0.3, 0.4) is 0 Å². The Bertz CT molecular complexity index is 309. The van der Waals surface area contributed by atoms with Crippen molar-refractivity contribution < 1.29 is 14.3 Å². The zero-order chi connectivity index (χ0) is 15.8. The van der Waals surface area contributed by atoms with Crippen LogP contribution in [-0.4, -0.2) is 50.1 Å². The summed E-state index contributed by atoms with van der Waals surface area (Å²) in [6.07, 6.45) is 0.332. The van der Waals surface area contributed by atoms with Crippen LogP contribution in [0.15, 0.2) is 0 Å². The molecule has 0 aliphatic rings. The molecule has 0 radical (unpaired) electrons. The second kappa shape index (κ2) is 8.95. The first-order chi connectivity index (χ1) is 9.18. The van der Waals surface area contributed by atoms with Gasteiger partial charge in [0, 0.05) is 38.6 Å². The topological polar surface area (TPSA) is 58.6 Å². The van der Waals surface area contributed by atoms with Crippen LogP contribution in [0, 0.1) is 11.3 Å². The predicted octanol–water partition coefficient (Wildman–Crippen LogP) is 1.67. The Labute approximate surface area is 123 Å². The van der Waals surface area contributed by atoms with Gasteiger partial charge >= 0.3 is 0 Å². The van der Waals surface area contributed by atoms with Crippen LogP contribution < -0.4 is 5.32 Å². The van der Waals surface area contributed by atoms with E-state index in [-0.39, 0.29) is 11.8 Å². The molecule has 0 aromatic heterocycles. The first-order valence-corrected chi connectivity index (χ1v) is 7.23. The molecule has 0 aromatic carbocycles. The fourth-order valence-electron chi connectivity index (χ4n) is 1.67. The molecule has 118 valence electrons. The van der Waals surface area contributed by atoms with Gasteiger partial charge in [0.1, 0.15) is 0 Å². The van der Waals surface area contributed by atoms with E-state index in [9.17, 15) is 9.59 Å². The number of hydrogen-bond donors (Lipinski definition) is 1. The summed E-state index contributed by atoms with van der Waals surface area (Å²) in [5.41, 5.74) is -0.420. The Balaban J connectivity index is 4.22. The lowest BCUT2D eigenvalue weighted by atomic mass is 9.96. The predicted molar refractivity (Wildman–Crippen MR) is 80.4 cm³/mol. The van der Waals surface area contributed by atoms with E-state index in [1.54, 1.807) is 12.0 Å². The molecule has 0 saturated heterocycles. The molecule has 0 saturated carbocycles. The van der Waals surface area contributed by atoms with Gasteiger partial charge in [-0.05, 0) is 5.92 Å². The molecule has 0 spiro atoms. The number of rotatable bonds is 8. The summed E-state index contributed by atoms with van der Waals surface area (Å²) in [4.78, 5) is 25.6. The van der Waals surface area contributed by atoms with Crippen molar-refractivity contribution in [3.8, 4) is 0 Å². The third kappa shape index (κ3) is 8.15. The number of nitrogens with one attached hydrogen (secondary N) is 1. The molecular weight excluding hydrogens is 256 g/mol. The first kappa shape index (κ1) is 18.9. The van der Waals surface area contributed by atoms with Crippen LogP contribution in [-0.2, 0) is 14.3 Å². The molecule has 5 heteroatoms. The highest BCUT2D eigenvalue weighted by molar-refractivity contribution is 5.82. The van der Waals surface area contributed by atoms with Gasteiger partial charge in [-0.1, -0.05) is 34.6 Å². The van der Waals surface area contributed by atoms with E-state index < -0.39 is 5.41 Å². The van der Waals surface area contributed by atoms with E-state index in [0.717, 1.165) is 6.54 Å². The standard InChI is InChI=1S/C15H30N2O3/c1-12(2)11-17(9-10-20-6)13(18)7-8-16-14(19)15(3,4)5/h12H,7-11H2,1-6H3,(H,16,19). The van der Waals surface area contributed by atoms with Crippen LogP contribution in [0.4, 0.5) is 0 Å². The summed E-state index contributed by atoms with van der Waals surface area (Å²) in [5.74, 6) is 0.447. The smallest absolute Gasteiger partial charge is 0.225 e. The summed E-state index contributed by atoms with van der Waals surface area (Å²) in [7, 11) is 1.63. The maximum absolute atomic E-state index is 12.1. The number of methoxy groups -OCH3 is 1. The second-order valence-corrected chi connectivity index (χ2v) is 6.48. The van der Waals surface area contributed by atoms with Crippen molar-refractivity contribution in [3.05, 3.63) is 0 Å². The van der Waals surface area contributed by atoms with Crippen molar-refractivity contribution in [1.82, 2.24) is 10.2 Å². The molecular formula is C15H30N2O3. The van der Waals surface area contributed by atoms with Gasteiger partial charge in [0.2, 0.25) is 11.8 Å². The average Bonchev–Trinajstić information content (AvgIpc) is 2.32. The minimum Gasteiger partial charge on any atom is -0.383 e. The van der Waals surface area contributed by atoms with E-state index in [2.05, 4.69) is 19.2 Å². The molecule has 0 rings (SSSR count). The summed E-state index contributed by atoms with van der Waals surface area (Å²) >= 11 is 0. The Morgan fingerprint density at radius 1 is 1.25 bits per heavy atom. The molecule has 0 atom stereocenters. The molecule has 0 aliphatic carbocycles. The van der Waals surface area contributed by atoms with Gasteiger partial charge in [-0.3, -0.25) is 9.59 Å². The maximum atomic E-state index is 12.1. The molecule has 0 unspecified atom stereocenters. The van der Waals surface area contributed by atoms with Gasteiger partial charge < -0.3 is 15.0 Å². The number of amides is 2. The SMILES string of the molecule is COCCN(CC(C)C)C(=O)CCNC(=O)C(C)(C)C. The third-order valence-corrected chi connectivity index (χ3v) is 2.81. The second-order valence-electron chi connectivity index (χ2n) is 6.48. The zero-order valence-corrected chi connectivity index (χ0v) is 13.8. The monoisotopic (exact) mass is 286 g/mol. The molecule has 1 N–H and O–H groups in total. The van der Waals surface area contributed by atoms with Crippen LogP contribution in [0.25, 0.3) is 0 Å². The number of hydrogen-bond acceptors (Lipinski definition) is 3. The lowest BCUT2D eigenvalue weighted by Crippen LogP contribution is -2.40. The third-order valence-electron chi connectivity index (χ3n) is 2.81. The average molecular weight is 286 g/mol. The highest BCUT2D eigenvalue weighted by Gasteiger charge is 2.21. The van der Waals surface area contributed by atoms with E-state index in [1.165, 1.54) is 0 Å². The largest absolute Gasteiger partial charge is 0.383 e. The fraction of sp³-hybridized carbons (Fsp3) is 0.867. The van der Waals surface area contributed by atoms with Crippen molar-refractivity contribution >= 4 is 11.8 Å². The molecule has 0 fully saturated rings. The van der Waals surface area contributed by atoms with Crippen LogP contribution in [0.5, 0.6) is 0 Å². The van der Waals surface area contributed by atoms with Crippen LogP contribution in [0.2, 0.25) is 0 Å². The van der Waals surface area contributed by atoms with Gasteiger partial charge in [0.25, 0.3) is 0 Å². The quantitative estimate of drug-likeness (QED) is 0.738. The molecule has 5 nitrogen and oxygen atoms in total. The van der Waals surface area contributed by atoms with Gasteiger partial charge in [-0.15, -0.1) is 0 Å². The summed E-state index contributed by atoms with van der Waals surface area (Å²) in [6, 6.07) is 0. The number of ether oxygens (including phenoxy) is 1. The van der Waals surface area contributed by atoms with E-state index in [0.29, 0.717) is 32.0 Å². The van der Waals surface area contributed by atoms with Gasteiger partial charge in [0.05, 0.1) is 6.61 Å². The Kier molecular flexibility index (Phi) is 8.46. The zero-order valence-electron chi connectivity index (χ0n) is 13.8.